The number of carbonyl (C=O) groups is 1. The second-order valence-electron chi connectivity index (χ2n) is 4.03. The van der Waals surface area contributed by atoms with E-state index in [2.05, 4.69) is 26.0 Å². The van der Waals surface area contributed by atoms with Crippen molar-refractivity contribution in [1.82, 2.24) is 0 Å². The summed E-state index contributed by atoms with van der Waals surface area (Å²) in [4.78, 5) is 13.1. The van der Waals surface area contributed by atoms with E-state index in [4.69, 9.17) is 0 Å². The van der Waals surface area contributed by atoms with Crippen molar-refractivity contribution in [3.63, 3.8) is 0 Å². The summed E-state index contributed by atoms with van der Waals surface area (Å²) in [6.45, 7) is 4.17. The molecular formula is C14H16OS. The molecule has 16 heavy (non-hydrogen) atoms. The molecular weight excluding hydrogens is 216 g/mol. The van der Waals surface area contributed by atoms with Gasteiger partial charge in [0.05, 0.1) is 4.88 Å². The summed E-state index contributed by atoms with van der Waals surface area (Å²) < 4.78 is 1.21. The standard InChI is InChI=1S/C14H16OS/c1-3-10(4-2)14(15)13-9-11-7-5-6-8-12(11)16-13/h5-10H,3-4H2,1-2H3. The number of rotatable bonds is 4. The molecule has 1 aromatic carbocycles. The van der Waals surface area contributed by atoms with Gasteiger partial charge >= 0.3 is 0 Å². The van der Waals surface area contributed by atoms with Crippen LogP contribution in [-0.2, 0) is 0 Å². The lowest BCUT2D eigenvalue weighted by atomic mass is 9.97. The molecule has 0 aliphatic rings. The number of hydrogen-bond donors (Lipinski definition) is 0. The summed E-state index contributed by atoms with van der Waals surface area (Å²) in [6, 6.07) is 10.2. The second kappa shape index (κ2) is 4.79. The van der Waals surface area contributed by atoms with Crippen LogP contribution in [0.4, 0.5) is 0 Å². The first-order valence-corrected chi connectivity index (χ1v) is 6.60. The van der Waals surface area contributed by atoms with Crippen molar-refractivity contribution in [3.8, 4) is 0 Å². The Balaban J connectivity index is 2.36. The van der Waals surface area contributed by atoms with Crippen LogP contribution in [0.5, 0.6) is 0 Å². The van der Waals surface area contributed by atoms with Gasteiger partial charge in [0.15, 0.2) is 5.78 Å². The smallest absolute Gasteiger partial charge is 0.175 e. The fourth-order valence-corrected chi connectivity index (χ4v) is 3.05. The molecule has 0 unspecified atom stereocenters. The molecule has 0 saturated heterocycles. The minimum absolute atomic E-state index is 0.188. The van der Waals surface area contributed by atoms with Gasteiger partial charge in [-0.2, -0.15) is 0 Å². The Morgan fingerprint density at radius 1 is 1.25 bits per heavy atom. The van der Waals surface area contributed by atoms with Crippen molar-refractivity contribution < 1.29 is 4.79 Å². The third-order valence-electron chi connectivity index (χ3n) is 3.02. The second-order valence-corrected chi connectivity index (χ2v) is 5.11. The molecule has 1 aromatic heterocycles. The van der Waals surface area contributed by atoms with Crippen molar-refractivity contribution in [2.24, 2.45) is 5.92 Å². The summed E-state index contributed by atoms with van der Waals surface area (Å²) in [5.41, 5.74) is 0. The molecule has 0 N–H and O–H groups in total. The SMILES string of the molecule is CCC(CC)C(=O)c1cc2ccccc2s1. The quantitative estimate of drug-likeness (QED) is 0.708. The van der Waals surface area contributed by atoms with Crippen LogP contribution >= 0.6 is 11.3 Å². The average molecular weight is 232 g/mol. The molecule has 2 rings (SSSR count). The van der Waals surface area contributed by atoms with Gasteiger partial charge < -0.3 is 0 Å². The first-order valence-electron chi connectivity index (χ1n) is 5.79. The van der Waals surface area contributed by atoms with Crippen LogP contribution in [0.3, 0.4) is 0 Å². The van der Waals surface area contributed by atoms with Crippen LogP contribution in [0, 0.1) is 5.92 Å². The highest BCUT2D eigenvalue weighted by molar-refractivity contribution is 7.20. The van der Waals surface area contributed by atoms with Gasteiger partial charge in [0, 0.05) is 10.6 Å². The Labute approximate surface area is 100 Å². The van der Waals surface area contributed by atoms with E-state index in [0.717, 1.165) is 17.7 Å². The van der Waals surface area contributed by atoms with Gasteiger partial charge in [-0.05, 0) is 30.4 Å². The van der Waals surface area contributed by atoms with Gasteiger partial charge in [-0.3, -0.25) is 4.79 Å². The van der Waals surface area contributed by atoms with Crippen LogP contribution < -0.4 is 0 Å². The maximum absolute atomic E-state index is 12.2. The summed E-state index contributed by atoms with van der Waals surface area (Å²) in [5.74, 6) is 0.499. The zero-order valence-corrected chi connectivity index (χ0v) is 10.5. The van der Waals surface area contributed by atoms with Gasteiger partial charge in [-0.15, -0.1) is 11.3 Å². The first kappa shape index (κ1) is 11.3. The molecule has 84 valence electrons. The molecule has 0 saturated carbocycles. The summed E-state index contributed by atoms with van der Waals surface area (Å²) in [5, 5.41) is 1.18. The fourth-order valence-electron chi connectivity index (χ4n) is 1.96. The average Bonchev–Trinajstić information content (AvgIpc) is 2.74. The van der Waals surface area contributed by atoms with Crippen molar-refractivity contribution >= 4 is 27.2 Å². The maximum atomic E-state index is 12.2. The maximum Gasteiger partial charge on any atom is 0.175 e. The molecule has 0 amide bonds. The van der Waals surface area contributed by atoms with Crippen LogP contribution in [0.1, 0.15) is 36.4 Å². The van der Waals surface area contributed by atoms with Gasteiger partial charge in [-0.1, -0.05) is 32.0 Å². The Morgan fingerprint density at radius 2 is 1.94 bits per heavy atom. The predicted octanol–water partition coefficient (Wildman–Crippen LogP) is 4.52. The number of benzene rings is 1. The summed E-state index contributed by atoms with van der Waals surface area (Å²) in [7, 11) is 0. The largest absolute Gasteiger partial charge is 0.293 e. The molecule has 1 nitrogen and oxygen atoms in total. The number of ketones is 1. The lowest BCUT2D eigenvalue weighted by Gasteiger charge is -2.08. The minimum atomic E-state index is 0.188. The fraction of sp³-hybridized carbons (Fsp3) is 0.357. The Morgan fingerprint density at radius 3 is 2.56 bits per heavy atom. The number of hydrogen-bond acceptors (Lipinski definition) is 2. The van der Waals surface area contributed by atoms with Crippen LogP contribution in [-0.4, -0.2) is 5.78 Å². The molecule has 0 fully saturated rings. The van der Waals surface area contributed by atoms with Gasteiger partial charge in [0.2, 0.25) is 0 Å². The summed E-state index contributed by atoms with van der Waals surface area (Å²) in [6.07, 6.45) is 1.87. The van der Waals surface area contributed by atoms with E-state index in [0.29, 0.717) is 5.78 Å². The van der Waals surface area contributed by atoms with Crippen LogP contribution in [0.25, 0.3) is 10.1 Å². The predicted molar refractivity (Wildman–Crippen MR) is 70.2 cm³/mol. The number of Topliss-reactive ketones (excluding diaryl/α,β-unsaturated/α-hetero) is 1. The van der Waals surface area contributed by atoms with E-state index in [1.165, 1.54) is 10.1 Å². The molecule has 0 aliphatic heterocycles. The monoisotopic (exact) mass is 232 g/mol. The van der Waals surface area contributed by atoms with E-state index < -0.39 is 0 Å². The van der Waals surface area contributed by atoms with E-state index in [-0.39, 0.29) is 5.92 Å². The highest BCUT2D eigenvalue weighted by Crippen LogP contribution is 2.28. The Hall–Kier alpha value is -1.15. The molecule has 2 heteroatoms. The molecule has 1 heterocycles. The zero-order chi connectivity index (χ0) is 11.5. The molecule has 2 aromatic rings. The molecule has 0 radical (unpaired) electrons. The van der Waals surface area contributed by atoms with Crippen molar-refractivity contribution in [2.75, 3.05) is 0 Å². The molecule has 0 bridgehead atoms. The molecule has 0 spiro atoms. The number of thiophene rings is 1. The third-order valence-corrected chi connectivity index (χ3v) is 4.16. The normalized spacial score (nSPS) is 11.2. The topological polar surface area (TPSA) is 17.1 Å². The van der Waals surface area contributed by atoms with Crippen LogP contribution in [0.2, 0.25) is 0 Å². The molecule has 0 atom stereocenters. The third kappa shape index (κ3) is 2.03. The van der Waals surface area contributed by atoms with Crippen molar-refractivity contribution in [1.29, 1.82) is 0 Å². The van der Waals surface area contributed by atoms with Crippen LogP contribution in [0.15, 0.2) is 30.3 Å². The highest BCUT2D eigenvalue weighted by atomic mass is 32.1. The van der Waals surface area contributed by atoms with Crippen molar-refractivity contribution in [2.45, 2.75) is 26.7 Å². The highest BCUT2D eigenvalue weighted by Gasteiger charge is 2.18. The number of carbonyl (C=O) groups excluding carboxylic acids is 1. The van der Waals surface area contributed by atoms with Gasteiger partial charge in [-0.25, -0.2) is 0 Å². The summed E-state index contributed by atoms with van der Waals surface area (Å²) >= 11 is 1.61. The van der Waals surface area contributed by atoms with Gasteiger partial charge in [0.1, 0.15) is 0 Å². The molecule has 0 aliphatic carbocycles. The zero-order valence-electron chi connectivity index (χ0n) is 9.69. The first-order chi connectivity index (χ1) is 7.76. The van der Waals surface area contributed by atoms with E-state index in [9.17, 15) is 4.79 Å². The van der Waals surface area contributed by atoms with E-state index >= 15 is 0 Å². The Kier molecular flexibility index (Phi) is 3.39. The minimum Gasteiger partial charge on any atom is -0.293 e. The van der Waals surface area contributed by atoms with Gasteiger partial charge in [0.25, 0.3) is 0 Å². The lowest BCUT2D eigenvalue weighted by Crippen LogP contribution is -2.11. The Bertz CT molecular complexity index is 461. The lowest BCUT2D eigenvalue weighted by molar-refractivity contribution is 0.0917. The van der Waals surface area contributed by atoms with E-state index in [1.807, 2.05) is 18.2 Å². The number of fused-ring (bicyclic) bond motifs is 1. The van der Waals surface area contributed by atoms with Crippen molar-refractivity contribution in [3.05, 3.63) is 35.2 Å². The van der Waals surface area contributed by atoms with E-state index in [1.54, 1.807) is 11.3 Å².